The van der Waals surface area contributed by atoms with Crippen LogP contribution in [0, 0.1) is 12.7 Å². The fourth-order valence-electron chi connectivity index (χ4n) is 4.35. The highest BCUT2D eigenvalue weighted by molar-refractivity contribution is 5.43. The quantitative estimate of drug-likeness (QED) is 0.275. The number of ether oxygens (including phenoxy) is 3. The SMILES string of the molecule is C=CCOCC(O)CN(Cc1c(C)nn(-c2ccccc2)c1Oc1cccc(F)c1)CC1CCCO1. The number of hydrogen-bond donors (Lipinski definition) is 1. The first-order valence-electron chi connectivity index (χ1n) is 12.3. The lowest BCUT2D eigenvalue weighted by Crippen LogP contribution is -2.39. The van der Waals surface area contributed by atoms with Crippen molar-refractivity contribution in [3.8, 4) is 17.3 Å². The second kappa shape index (κ2) is 12.8. The first-order valence-corrected chi connectivity index (χ1v) is 12.3. The summed E-state index contributed by atoms with van der Waals surface area (Å²) in [6, 6.07) is 15.8. The summed E-state index contributed by atoms with van der Waals surface area (Å²) in [7, 11) is 0. The second-order valence-corrected chi connectivity index (χ2v) is 8.98. The zero-order valence-corrected chi connectivity index (χ0v) is 20.7. The lowest BCUT2D eigenvalue weighted by Gasteiger charge is -2.27. The van der Waals surface area contributed by atoms with Gasteiger partial charge in [-0.3, -0.25) is 4.90 Å². The number of benzene rings is 2. The van der Waals surface area contributed by atoms with Gasteiger partial charge in [-0.05, 0) is 44.0 Å². The van der Waals surface area contributed by atoms with Crippen LogP contribution in [0.25, 0.3) is 5.69 Å². The summed E-state index contributed by atoms with van der Waals surface area (Å²) < 4.78 is 33.3. The minimum Gasteiger partial charge on any atom is -0.438 e. The van der Waals surface area contributed by atoms with Gasteiger partial charge in [0.15, 0.2) is 0 Å². The number of halogens is 1. The molecular weight excluding hydrogens is 461 g/mol. The molecule has 2 atom stereocenters. The van der Waals surface area contributed by atoms with E-state index in [2.05, 4.69) is 11.5 Å². The van der Waals surface area contributed by atoms with E-state index in [1.165, 1.54) is 12.1 Å². The van der Waals surface area contributed by atoms with Crippen LogP contribution in [0.1, 0.15) is 24.1 Å². The van der Waals surface area contributed by atoms with Gasteiger partial charge in [0.1, 0.15) is 11.6 Å². The van der Waals surface area contributed by atoms with Crippen molar-refractivity contribution in [1.82, 2.24) is 14.7 Å². The highest BCUT2D eigenvalue weighted by Gasteiger charge is 2.26. The Hall–Kier alpha value is -3.04. The van der Waals surface area contributed by atoms with E-state index >= 15 is 0 Å². The Balaban J connectivity index is 1.64. The van der Waals surface area contributed by atoms with Crippen LogP contribution >= 0.6 is 0 Å². The van der Waals surface area contributed by atoms with Gasteiger partial charge in [-0.1, -0.05) is 30.3 Å². The molecular formula is C28H34FN3O4. The van der Waals surface area contributed by atoms with E-state index < -0.39 is 6.10 Å². The topological polar surface area (TPSA) is 69.0 Å². The third kappa shape index (κ3) is 7.01. The Labute approximate surface area is 211 Å². The molecule has 7 nitrogen and oxygen atoms in total. The highest BCUT2D eigenvalue weighted by Crippen LogP contribution is 2.32. The number of aliphatic hydroxyl groups is 1. The molecule has 1 fully saturated rings. The molecule has 2 unspecified atom stereocenters. The molecule has 0 saturated carbocycles. The summed E-state index contributed by atoms with van der Waals surface area (Å²) in [4.78, 5) is 2.15. The molecule has 2 aromatic carbocycles. The van der Waals surface area contributed by atoms with E-state index in [0.717, 1.165) is 36.4 Å². The summed E-state index contributed by atoms with van der Waals surface area (Å²) >= 11 is 0. The smallest absolute Gasteiger partial charge is 0.227 e. The van der Waals surface area contributed by atoms with Crippen molar-refractivity contribution in [2.24, 2.45) is 0 Å². The van der Waals surface area contributed by atoms with E-state index in [0.29, 0.717) is 37.9 Å². The minimum atomic E-state index is -0.677. The van der Waals surface area contributed by atoms with Crippen molar-refractivity contribution in [2.45, 2.75) is 38.5 Å². The molecule has 0 amide bonds. The molecule has 2 heterocycles. The summed E-state index contributed by atoms with van der Waals surface area (Å²) in [6.07, 6.45) is 3.09. The fourth-order valence-corrected chi connectivity index (χ4v) is 4.35. The fraction of sp³-hybridized carbons (Fsp3) is 0.393. The molecule has 3 aromatic rings. The van der Waals surface area contributed by atoms with Gasteiger partial charge in [-0.25, -0.2) is 9.07 Å². The van der Waals surface area contributed by atoms with Crippen LogP contribution in [0.3, 0.4) is 0 Å². The number of aryl methyl sites for hydroxylation is 1. The maximum atomic E-state index is 13.9. The van der Waals surface area contributed by atoms with Crippen molar-refractivity contribution in [3.05, 3.63) is 84.3 Å². The van der Waals surface area contributed by atoms with Crippen LogP contribution in [-0.4, -0.2) is 64.9 Å². The van der Waals surface area contributed by atoms with E-state index in [1.807, 2.05) is 37.3 Å². The molecule has 1 N–H and O–H groups in total. The van der Waals surface area contributed by atoms with Crippen LogP contribution < -0.4 is 4.74 Å². The van der Waals surface area contributed by atoms with Crippen LogP contribution in [0.2, 0.25) is 0 Å². The Morgan fingerprint density at radius 1 is 1.28 bits per heavy atom. The van der Waals surface area contributed by atoms with Gasteiger partial charge in [-0.15, -0.1) is 6.58 Å². The normalized spacial score (nSPS) is 16.4. The van der Waals surface area contributed by atoms with Crippen molar-refractivity contribution < 1.29 is 23.7 Å². The van der Waals surface area contributed by atoms with Gasteiger partial charge < -0.3 is 19.3 Å². The number of aromatic nitrogens is 2. The maximum Gasteiger partial charge on any atom is 0.227 e. The summed E-state index contributed by atoms with van der Waals surface area (Å²) in [5.74, 6) is 0.523. The minimum absolute atomic E-state index is 0.100. The van der Waals surface area contributed by atoms with E-state index in [4.69, 9.17) is 19.3 Å². The average molecular weight is 496 g/mol. The number of hydrogen-bond acceptors (Lipinski definition) is 6. The predicted molar refractivity (Wildman–Crippen MR) is 136 cm³/mol. The van der Waals surface area contributed by atoms with Gasteiger partial charge in [0, 0.05) is 32.3 Å². The summed E-state index contributed by atoms with van der Waals surface area (Å²) in [5, 5.41) is 15.4. The maximum absolute atomic E-state index is 13.9. The number of para-hydroxylation sites is 1. The molecule has 8 heteroatoms. The van der Waals surface area contributed by atoms with Crippen LogP contribution in [-0.2, 0) is 16.0 Å². The molecule has 4 rings (SSSR count). The molecule has 192 valence electrons. The first-order chi connectivity index (χ1) is 17.5. The van der Waals surface area contributed by atoms with Crippen molar-refractivity contribution >= 4 is 0 Å². The van der Waals surface area contributed by atoms with Crippen molar-refractivity contribution in [1.29, 1.82) is 0 Å². The Kier molecular flexibility index (Phi) is 9.24. The van der Waals surface area contributed by atoms with Crippen molar-refractivity contribution in [3.63, 3.8) is 0 Å². The van der Waals surface area contributed by atoms with Gasteiger partial charge in [0.25, 0.3) is 0 Å². The van der Waals surface area contributed by atoms with Crippen molar-refractivity contribution in [2.75, 3.05) is 32.9 Å². The van der Waals surface area contributed by atoms with Gasteiger partial charge in [0.2, 0.25) is 5.88 Å². The van der Waals surface area contributed by atoms with Gasteiger partial charge in [0.05, 0.1) is 42.4 Å². The van der Waals surface area contributed by atoms with Crippen LogP contribution in [0.15, 0.2) is 67.3 Å². The largest absolute Gasteiger partial charge is 0.438 e. The standard InChI is InChI=1S/C28H34FN3O4/c1-3-14-34-20-24(33)17-31(18-26-13-8-15-35-26)19-27-21(2)30-32(23-10-5-4-6-11-23)28(27)36-25-12-7-9-22(29)16-25/h3-7,9-12,16,24,26,33H,1,8,13-15,17-20H2,2H3. The van der Waals surface area contributed by atoms with Crippen LogP contribution in [0.4, 0.5) is 4.39 Å². The predicted octanol–water partition coefficient (Wildman–Crippen LogP) is 4.66. The molecule has 1 aliphatic rings. The molecule has 0 aliphatic carbocycles. The van der Waals surface area contributed by atoms with Crippen LogP contribution in [0.5, 0.6) is 11.6 Å². The Morgan fingerprint density at radius 3 is 2.83 bits per heavy atom. The molecule has 0 radical (unpaired) electrons. The molecule has 0 spiro atoms. The zero-order valence-electron chi connectivity index (χ0n) is 20.7. The molecule has 1 aromatic heterocycles. The average Bonchev–Trinajstić information content (AvgIpc) is 3.48. The summed E-state index contributed by atoms with van der Waals surface area (Å²) in [6.45, 7) is 8.46. The molecule has 1 saturated heterocycles. The third-order valence-corrected chi connectivity index (χ3v) is 6.03. The number of rotatable bonds is 13. The number of nitrogens with zero attached hydrogens (tertiary/aromatic N) is 3. The van der Waals surface area contributed by atoms with Gasteiger partial charge >= 0.3 is 0 Å². The number of aliphatic hydroxyl groups excluding tert-OH is 1. The second-order valence-electron chi connectivity index (χ2n) is 8.98. The lowest BCUT2D eigenvalue weighted by atomic mass is 10.1. The zero-order chi connectivity index (χ0) is 25.3. The molecule has 1 aliphatic heterocycles. The Morgan fingerprint density at radius 2 is 2.11 bits per heavy atom. The molecule has 36 heavy (non-hydrogen) atoms. The highest BCUT2D eigenvalue weighted by atomic mass is 19.1. The van der Waals surface area contributed by atoms with E-state index in [9.17, 15) is 9.50 Å². The molecule has 0 bridgehead atoms. The van der Waals surface area contributed by atoms with Gasteiger partial charge in [-0.2, -0.15) is 5.10 Å². The summed E-state index contributed by atoms with van der Waals surface area (Å²) in [5.41, 5.74) is 2.49. The van der Waals surface area contributed by atoms with E-state index in [1.54, 1.807) is 22.9 Å². The monoisotopic (exact) mass is 495 g/mol. The van der Waals surface area contributed by atoms with E-state index in [-0.39, 0.29) is 18.5 Å². The lowest BCUT2D eigenvalue weighted by molar-refractivity contribution is 0.00836. The Bertz CT molecular complexity index is 1120. The third-order valence-electron chi connectivity index (χ3n) is 6.03. The first kappa shape index (κ1) is 26.0.